The van der Waals surface area contributed by atoms with Gasteiger partial charge in [-0.15, -0.1) is 0 Å². The van der Waals surface area contributed by atoms with E-state index in [1.54, 1.807) is 0 Å². The minimum atomic E-state index is 0.0884. The standard InChI is InChI=1S/C18H28N2O2/c1-15-6-8-16(9-7-15)13-20(2)14-18(21)19-11-10-17-5-3-4-12-22-17/h6-9,17H,3-5,10-14H2,1-2H3,(H,19,21)/t17-/m0/s1. The van der Waals surface area contributed by atoms with Crippen molar-refractivity contribution >= 4 is 5.91 Å². The summed E-state index contributed by atoms with van der Waals surface area (Å²) in [6.07, 6.45) is 4.81. The number of benzene rings is 1. The van der Waals surface area contributed by atoms with Gasteiger partial charge in [0.15, 0.2) is 0 Å². The van der Waals surface area contributed by atoms with Gasteiger partial charge in [0, 0.05) is 19.7 Å². The van der Waals surface area contributed by atoms with Crippen LogP contribution in [0.1, 0.15) is 36.8 Å². The fourth-order valence-electron chi connectivity index (χ4n) is 2.77. The van der Waals surface area contributed by atoms with E-state index in [1.165, 1.54) is 24.0 Å². The zero-order valence-electron chi connectivity index (χ0n) is 13.8. The Morgan fingerprint density at radius 1 is 1.32 bits per heavy atom. The molecule has 0 unspecified atom stereocenters. The molecule has 1 fully saturated rings. The summed E-state index contributed by atoms with van der Waals surface area (Å²) in [6.45, 7) is 4.88. The largest absolute Gasteiger partial charge is 0.378 e. The molecule has 1 aliphatic rings. The molecule has 1 atom stereocenters. The van der Waals surface area contributed by atoms with E-state index < -0.39 is 0 Å². The van der Waals surface area contributed by atoms with Crippen LogP contribution in [0.5, 0.6) is 0 Å². The van der Waals surface area contributed by atoms with E-state index in [-0.39, 0.29) is 5.91 Å². The van der Waals surface area contributed by atoms with E-state index in [4.69, 9.17) is 4.74 Å². The van der Waals surface area contributed by atoms with Gasteiger partial charge in [0.2, 0.25) is 5.91 Å². The summed E-state index contributed by atoms with van der Waals surface area (Å²) < 4.78 is 5.67. The first kappa shape index (κ1) is 17.0. The lowest BCUT2D eigenvalue weighted by Gasteiger charge is -2.22. The molecule has 1 saturated heterocycles. The van der Waals surface area contributed by atoms with Crippen LogP contribution < -0.4 is 5.32 Å². The smallest absolute Gasteiger partial charge is 0.234 e. The third-order valence-electron chi connectivity index (χ3n) is 4.05. The molecule has 22 heavy (non-hydrogen) atoms. The SMILES string of the molecule is Cc1ccc(CN(C)CC(=O)NCC[C@@H]2CCCCO2)cc1. The Bertz CT molecular complexity index is 453. The first-order valence-electron chi connectivity index (χ1n) is 8.26. The number of likely N-dealkylation sites (N-methyl/N-ethyl adjacent to an activating group) is 1. The highest BCUT2D eigenvalue weighted by Gasteiger charge is 2.14. The van der Waals surface area contributed by atoms with E-state index >= 15 is 0 Å². The van der Waals surface area contributed by atoms with E-state index in [9.17, 15) is 4.79 Å². The quantitative estimate of drug-likeness (QED) is 0.841. The Morgan fingerprint density at radius 2 is 2.09 bits per heavy atom. The molecule has 2 rings (SSSR count). The highest BCUT2D eigenvalue weighted by Crippen LogP contribution is 2.14. The van der Waals surface area contributed by atoms with Crippen LogP contribution in [0.2, 0.25) is 0 Å². The Balaban J connectivity index is 1.62. The first-order valence-corrected chi connectivity index (χ1v) is 8.26. The van der Waals surface area contributed by atoms with Gasteiger partial charge in [-0.1, -0.05) is 29.8 Å². The molecule has 0 saturated carbocycles. The molecule has 1 aliphatic heterocycles. The number of carbonyl (C=O) groups excluding carboxylic acids is 1. The molecule has 1 heterocycles. The van der Waals surface area contributed by atoms with Crippen LogP contribution in [-0.2, 0) is 16.1 Å². The van der Waals surface area contributed by atoms with Crippen molar-refractivity contribution in [1.82, 2.24) is 10.2 Å². The van der Waals surface area contributed by atoms with E-state index in [1.807, 2.05) is 11.9 Å². The molecule has 0 aromatic heterocycles. The highest BCUT2D eigenvalue weighted by atomic mass is 16.5. The molecule has 4 nitrogen and oxygen atoms in total. The lowest BCUT2D eigenvalue weighted by Crippen LogP contribution is -2.36. The van der Waals surface area contributed by atoms with Gasteiger partial charge in [0.1, 0.15) is 0 Å². The Labute approximate surface area is 133 Å². The summed E-state index contributed by atoms with van der Waals surface area (Å²) in [5.74, 6) is 0.0884. The van der Waals surface area contributed by atoms with Crippen LogP contribution >= 0.6 is 0 Å². The summed E-state index contributed by atoms with van der Waals surface area (Å²) in [4.78, 5) is 14.0. The van der Waals surface area contributed by atoms with Gasteiger partial charge < -0.3 is 10.1 Å². The molecule has 0 aliphatic carbocycles. The maximum atomic E-state index is 11.9. The molecule has 0 bridgehead atoms. The van der Waals surface area contributed by atoms with Crippen molar-refractivity contribution < 1.29 is 9.53 Å². The van der Waals surface area contributed by atoms with Crippen molar-refractivity contribution in [3.05, 3.63) is 35.4 Å². The lowest BCUT2D eigenvalue weighted by molar-refractivity contribution is -0.122. The summed E-state index contributed by atoms with van der Waals surface area (Å²) >= 11 is 0. The summed E-state index contributed by atoms with van der Waals surface area (Å²) in [5.41, 5.74) is 2.49. The van der Waals surface area contributed by atoms with Crippen LogP contribution in [0.25, 0.3) is 0 Å². The molecule has 1 amide bonds. The number of carbonyl (C=O) groups is 1. The second-order valence-electron chi connectivity index (χ2n) is 6.29. The van der Waals surface area contributed by atoms with E-state index in [2.05, 4.69) is 36.5 Å². The van der Waals surface area contributed by atoms with Crippen molar-refractivity contribution in [2.45, 2.75) is 45.3 Å². The fourth-order valence-corrected chi connectivity index (χ4v) is 2.77. The number of hydrogen-bond donors (Lipinski definition) is 1. The average molecular weight is 304 g/mol. The normalized spacial score (nSPS) is 18.4. The van der Waals surface area contributed by atoms with Crippen molar-refractivity contribution in [3.8, 4) is 0 Å². The molecule has 1 aromatic carbocycles. The molecule has 1 N–H and O–H groups in total. The molecule has 0 spiro atoms. The number of nitrogens with zero attached hydrogens (tertiary/aromatic N) is 1. The van der Waals surface area contributed by atoms with Crippen LogP contribution in [0.4, 0.5) is 0 Å². The monoisotopic (exact) mass is 304 g/mol. The van der Waals surface area contributed by atoms with Crippen LogP contribution in [0.3, 0.4) is 0 Å². The Morgan fingerprint density at radius 3 is 2.77 bits per heavy atom. The van der Waals surface area contributed by atoms with Crippen LogP contribution in [0.15, 0.2) is 24.3 Å². The second-order valence-corrected chi connectivity index (χ2v) is 6.29. The van der Waals surface area contributed by atoms with Gasteiger partial charge in [-0.3, -0.25) is 9.69 Å². The molecule has 122 valence electrons. The van der Waals surface area contributed by atoms with Gasteiger partial charge in [-0.2, -0.15) is 0 Å². The zero-order chi connectivity index (χ0) is 15.8. The number of aryl methyl sites for hydroxylation is 1. The molecule has 4 heteroatoms. The first-order chi connectivity index (χ1) is 10.6. The number of amides is 1. The van der Waals surface area contributed by atoms with Gasteiger partial charge in [-0.25, -0.2) is 0 Å². The van der Waals surface area contributed by atoms with Gasteiger partial charge in [-0.05, 0) is 45.2 Å². The predicted molar refractivity (Wildman–Crippen MR) is 88.7 cm³/mol. The second kappa shape index (κ2) is 8.91. The van der Waals surface area contributed by atoms with E-state index in [0.29, 0.717) is 19.2 Å². The van der Waals surface area contributed by atoms with Gasteiger partial charge in [0.05, 0.1) is 12.6 Å². The minimum absolute atomic E-state index is 0.0884. The number of ether oxygens (including phenoxy) is 1. The van der Waals surface area contributed by atoms with Crippen molar-refractivity contribution in [3.63, 3.8) is 0 Å². The van der Waals surface area contributed by atoms with Gasteiger partial charge >= 0.3 is 0 Å². The molecule has 1 aromatic rings. The predicted octanol–water partition coefficient (Wildman–Crippen LogP) is 2.50. The van der Waals surface area contributed by atoms with Crippen LogP contribution in [0, 0.1) is 6.92 Å². The maximum absolute atomic E-state index is 11.9. The maximum Gasteiger partial charge on any atom is 0.234 e. The number of hydrogen-bond acceptors (Lipinski definition) is 3. The highest BCUT2D eigenvalue weighted by molar-refractivity contribution is 5.77. The van der Waals surface area contributed by atoms with E-state index in [0.717, 1.165) is 26.0 Å². The zero-order valence-corrected chi connectivity index (χ0v) is 13.8. The van der Waals surface area contributed by atoms with Crippen molar-refractivity contribution in [2.24, 2.45) is 0 Å². The summed E-state index contributed by atoms with van der Waals surface area (Å²) in [7, 11) is 1.98. The topological polar surface area (TPSA) is 41.6 Å². The number of nitrogens with one attached hydrogen (secondary N) is 1. The van der Waals surface area contributed by atoms with Gasteiger partial charge in [0.25, 0.3) is 0 Å². The lowest BCUT2D eigenvalue weighted by atomic mass is 10.1. The Hall–Kier alpha value is -1.39. The Kier molecular flexibility index (Phi) is 6.87. The molecular formula is C18H28N2O2. The minimum Gasteiger partial charge on any atom is -0.378 e. The van der Waals surface area contributed by atoms with Crippen molar-refractivity contribution in [2.75, 3.05) is 26.7 Å². The van der Waals surface area contributed by atoms with Crippen molar-refractivity contribution in [1.29, 1.82) is 0 Å². The summed E-state index contributed by atoms with van der Waals surface area (Å²) in [5, 5.41) is 3.00. The third-order valence-corrected chi connectivity index (χ3v) is 4.05. The van der Waals surface area contributed by atoms with Crippen LogP contribution in [-0.4, -0.2) is 43.7 Å². The molecular weight excluding hydrogens is 276 g/mol. The fraction of sp³-hybridized carbons (Fsp3) is 0.611. The third kappa shape index (κ3) is 6.16. The average Bonchev–Trinajstić information content (AvgIpc) is 2.50. The molecule has 0 radical (unpaired) electrons. The number of rotatable bonds is 7. The summed E-state index contributed by atoms with van der Waals surface area (Å²) in [6, 6.07) is 8.44.